The molecule has 0 fully saturated rings. The Morgan fingerprint density at radius 1 is 0.655 bits per heavy atom. The first-order valence-electron chi connectivity index (χ1n) is 10.1. The number of aryl methyl sites for hydroxylation is 1. The van der Waals surface area contributed by atoms with E-state index in [1.807, 2.05) is 0 Å². The van der Waals surface area contributed by atoms with E-state index in [2.05, 4.69) is 96.0 Å². The molecule has 138 valence electrons. The Hall–Kier alpha value is -3.65. The van der Waals surface area contributed by atoms with Crippen molar-refractivity contribution in [2.24, 2.45) is 0 Å². The van der Waals surface area contributed by atoms with Gasteiger partial charge in [0.25, 0.3) is 0 Å². The van der Waals surface area contributed by atoms with Crippen LogP contribution in [0, 0.1) is 0 Å². The largest absolute Gasteiger partial charge is 0.353 e. The Labute approximate surface area is 169 Å². The van der Waals surface area contributed by atoms with Crippen molar-refractivity contribution in [1.29, 1.82) is 0 Å². The summed E-state index contributed by atoms with van der Waals surface area (Å²) in [4.78, 5) is 8.84. The van der Waals surface area contributed by atoms with Gasteiger partial charge in [-0.2, -0.15) is 0 Å². The van der Waals surface area contributed by atoms with E-state index in [4.69, 9.17) is 4.98 Å². The lowest BCUT2D eigenvalue weighted by molar-refractivity contribution is 0.935. The van der Waals surface area contributed by atoms with Gasteiger partial charge in [-0.05, 0) is 47.2 Å². The van der Waals surface area contributed by atoms with Crippen LogP contribution in [0.5, 0.6) is 0 Å². The third-order valence-electron chi connectivity index (χ3n) is 5.95. The minimum Gasteiger partial charge on any atom is -0.353 e. The summed E-state index contributed by atoms with van der Waals surface area (Å²) in [5.74, 6) is 0. The molecular formula is C27H20N2. The van der Waals surface area contributed by atoms with Crippen molar-refractivity contribution in [1.82, 2.24) is 9.97 Å². The summed E-state index contributed by atoms with van der Waals surface area (Å²) in [6, 6.07) is 32.0. The van der Waals surface area contributed by atoms with E-state index in [0.717, 1.165) is 29.8 Å². The van der Waals surface area contributed by atoms with Gasteiger partial charge < -0.3 is 4.98 Å². The van der Waals surface area contributed by atoms with Crippen molar-refractivity contribution < 1.29 is 0 Å². The molecule has 29 heavy (non-hydrogen) atoms. The SMILES string of the molecule is c1ccc(-c2cc(-c3ccccc3)c3c(n2)-c2[nH]c4ccccc4c2CC3)cc1. The summed E-state index contributed by atoms with van der Waals surface area (Å²) in [7, 11) is 0. The molecule has 0 spiro atoms. The molecule has 5 aromatic rings. The Balaban J connectivity index is 1.67. The minimum absolute atomic E-state index is 1.01. The summed E-state index contributed by atoms with van der Waals surface area (Å²) in [6.45, 7) is 0. The zero-order valence-electron chi connectivity index (χ0n) is 16.0. The maximum absolute atomic E-state index is 5.18. The number of nitrogens with one attached hydrogen (secondary N) is 1. The summed E-state index contributed by atoms with van der Waals surface area (Å²) >= 11 is 0. The molecule has 3 aromatic carbocycles. The number of fused-ring (bicyclic) bond motifs is 5. The quantitative estimate of drug-likeness (QED) is 0.369. The molecule has 2 heteroatoms. The molecule has 1 N–H and O–H groups in total. The molecule has 0 bridgehead atoms. The summed E-state index contributed by atoms with van der Waals surface area (Å²) < 4.78 is 0. The highest BCUT2D eigenvalue weighted by molar-refractivity contribution is 5.93. The fourth-order valence-electron chi connectivity index (χ4n) is 4.58. The fraction of sp³-hybridized carbons (Fsp3) is 0.0741. The molecule has 0 saturated carbocycles. The van der Waals surface area contributed by atoms with Gasteiger partial charge in [0.05, 0.1) is 17.1 Å². The number of aromatic nitrogens is 2. The van der Waals surface area contributed by atoms with Crippen molar-refractivity contribution in [2.75, 3.05) is 0 Å². The van der Waals surface area contributed by atoms with Crippen LogP contribution in [0.3, 0.4) is 0 Å². The van der Waals surface area contributed by atoms with E-state index >= 15 is 0 Å². The van der Waals surface area contributed by atoms with E-state index in [9.17, 15) is 0 Å². The second-order valence-corrected chi connectivity index (χ2v) is 7.64. The molecule has 0 aliphatic heterocycles. The number of H-pyrrole nitrogens is 1. The van der Waals surface area contributed by atoms with Crippen LogP contribution in [-0.4, -0.2) is 9.97 Å². The maximum atomic E-state index is 5.18. The van der Waals surface area contributed by atoms with Crippen LogP contribution in [-0.2, 0) is 12.8 Å². The van der Waals surface area contributed by atoms with Crippen LogP contribution in [0.1, 0.15) is 11.1 Å². The molecule has 6 rings (SSSR count). The van der Waals surface area contributed by atoms with Gasteiger partial charge in [0, 0.05) is 16.5 Å². The second-order valence-electron chi connectivity index (χ2n) is 7.64. The van der Waals surface area contributed by atoms with E-state index in [1.54, 1.807) is 0 Å². The van der Waals surface area contributed by atoms with Crippen LogP contribution in [0.15, 0.2) is 91.0 Å². The lowest BCUT2D eigenvalue weighted by Gasteiger charge is -2.21. The molecular weight excluding hydrogens is 352 g/mol. The second kappa shape index (κ2) is 6.46. The van der Waals surface area contributed by atoms with Crippen LogP contribution in [0.25, 0.3) is 44.7 Å². The van der Waals surface area contributed by atoms with Crippen LogP contribution in [0.4, 0.5) is 0 Å². The van der Waals surface area contributed by atoms with Crippen molar-refractivity contribution in [3.05, 3.63) is 102 Å². The van der Waals surface area contributed by atoms with Gasteiger partial charge in [0.1, 0.15) is 0 Å². The minimum atomic E-state index is 1.01. The van der Waals surface area contributed by atoms with Crippen LogP contribution < -0.4 is 0 Å². The molecule has 1 aliphatic rings. The van der Waals surface area contributed by atoms with Gasteiger partial charge in [0.2, 0.25) is 0 Å². The lowest BCUT2D eigenvalue weighted by Crippen LogP contribution is -2.08. The molecule has 0 radical (unpaired) electrons. The molecule has 0 amide bonds. The standard InChI is InChI=1S/C27H20N2/c1-3-9-18(10-4-1)23-17-25(19-11-5-2-6-12-19)29-27-22(23)16-15-21-20-13-7-8-14-24(20)28-26(21)27/h1-14,17,28H,15-16H2. The van der Waals surface area contributed by atoms with Gasteiger partial charge in [0.15, 0.2) is 0 Å². The zero-order chi connectivity index (χ0) is 19.2. The van der Waals surface area contributed by atoms with Gasteiger partial charge in [-0.1, -0.05) is 78.9 Å². The molecule has 0 unspecified atom stereocenters. The number of rotatable bonds is 2. The molecule has 0 atom stereocenters. The Morgan fingerprint density at radius 2 is 1.31 bits per heavy atom. The third kappa shape index (κ3) is 2.60. The van der Waals surface area contributed by atoms with Crippen LogP contribution >= 0.6 is 0 Å². The van der Waals surface area contributed by atoms with Gasteiger partial charge in [-0.25, -0.2) is 4.98 Å². The molecule has 2 heterocycles. The third-order valence-corrected chi connectivity index (χ3v) is 5.95. The Bertz CT molecular complexity index is 1330. The first-order valence-corrected chi connectivity index (χ1v) is 10.1. The Morgan fingerprint density at radius 3 is 2.10 bits per heavy atom. The lowest BCUT2D eigenvalue weighted by atomic mass is 9.86. The van der Waals surface area contributed by atoms with Crippen molar-refractivity contribution in [3.8, 4) is 33.8 Å². The molecule has 2 aromatic heterocycles. The average Bonchev–Trinajstić information content (AvgIpc) is 3.19. The number of para-hydroxylation sites is 1. The van der Waals surface area contributed by atoms with Crippen molar-refractivity contribution >= 4 is 10.9 Å². The Kier molecular flexibility index (Phi) is 3.63. The zero-order valence-corrected chi connectivity index (χ0v) is 16.0. The molecule has 0 saturated heterocycles. The van der Waals surface area contributed by atoms with E-state index in [-0.39, 0.29) is 0 Å². The van der Waals surface area contributed by atoms with E-state index in [0.29, 0.717) is 0 Å². The van der Waals surface area contributed by atoms with Crippen molar-refractivity contribution in [2.45, 2.75) is 12.8 Å². The highest BCUT2D eigenvalue weighted by Gasteiger charge is 2.25. The highest BCUT2D eigenvalue weighted by atomic mass is 14.8. The number of benzene rings is 3. The van der Waals surface area contributed by atoms with Crippen LogP contribution in [0.2, 0.25) is 0 Å². The number of pyridine rings is 1. The normalized spacial score (nSPS) is 12.6. The topological polar surface area (TPSA) is 28.7 Å². The van der Waals surface area contributed by atoms with Gasteiger partial charge in [-0.15, -0.1) is 0 Å². The summed E-state index contributed by atoms with van der Waals surface area (Å²) in [5, 5.41) is 1.32. The molecule has 2 nitrogen and oxygen atoms in total. The fourth-order valence-corrected chi connectivity index (χ4v) is 4.58. The van der Waals surface area contributed by atoms with Gasteiger partial charge >= 0.3 is 0 Å². The highest BCUT2D eigenvalue weighted by Crippen LogP contribution is 2.41. The summed E-state index contributed by atoms with van der Waals surface area (Å²) in [6.07, 6.45) is 2.05. The van der Waals surface area contributed by atoms with E-state index < -0.39 is 0 Å². The molecule has 1 aliphatic carbocycles. The predicted octanol–water partition coefficient (Wildman–Crippen LogP) is 6.66. The monoisotopic (exact) mass is 372 g/mol. The number of aromatic amines is 1. The number of hydrogen-bond acceptors (Lipinski definition) is 1. The van der Waals surface area contributed by atoms with E-state index in [1.165, 1.54) is 38.9 Å². The van der Waals surface area contributed by atoms with Gasteiger partial charge in [-0.3, -0.25) is 0 Å². The number of hydrogen-bond donors (Lipinski definition) is 1. The summed E-state index contributed by atoms with van der Waals surface area (Å²) in [5.41, 5.74) is 10.9. The number of nitrogens with zero attached hydrogens (tertiary/aromatic N) is 1. The average molecular weight is 372 g/mol. The smallest absolute Gasteiger partial charge is 0.0913 e. The maximum Gasteiger partial charge on any atom is 0.0913 e. The predicted molar refractivity (Wildman–Crippen MR) is 120 cm³/mol. The first-order chi connectivity index (χ1) is 14.4. The first kappa shape index (κ1) is 16.3. The van der Waals surface area contributed by atoms with Crippen molar-refractivity contribution in [3.63, 3.8) is 0 Å².